The van der Waals surface area contributed by atoms with Gasteiger partial charge in [-0.15, -0.1) is 0 Å². The van der Waals surface area contributed by atoms with Gasteiger partial charge in [-0.05, 0) is 25.7 Å². The molecule has 2 aliphatic rings. The monoisotopic (exact) mass is 239 g/mol. The van der Waals surface area contributed by atoms with Gasteiger partial charge in [0, 0.05) is 5.92 Å². The lowest BCUT2D eigenvalue weighted by Gasteiger charge is -2.30. The van der Waals surface area contributed by atoms with Gasteiger partial charge in [0.2, 0.25) is 5.91 Å². The van der Waals surface area contributed by atoms with Crippen molar-refractivity contribution in [2.45, 2.75) is 56.9 Å². The third-order valence-corrected chi connectivity index (χ3v) is 3.84. The van der Waals surface area contributed by atoms with Crippen molar-refractivity contribution in [2.24, 2.45) is 5.92 Å². The number of carbonyl (C=O) groups is 2. The van der Waals surface area contributed by atoms with Crippen molar-refractivity contribution < 1.29 is 14.3 Å². The van der Waals surface area contributed by atoms with Crippen molar-refractivity contribution in [3.05, 3.63) is 0 Å². The van der Waals surface area contributed by atoms with Crippen LogP contribution in [0.5, 0.6) is 0 Å². The zero-order chi connectivity index (χ0) is 12.3. The molecule has 2 fully saturated rings. The Labute approximate surface area is 102 Å². The molecule has 0 atom stereocenters. The van der Waals surface area contributed by atoms with Gasteiger partial charge in [-0.2, -0.15) is 0 Å². The van der Waals surface area contributed by atoms with E-state index in [0.29, 0.717) is 0 Å². The van der Waals surface area contributed by atoms with E-state index in [2.05, 4.69) is 5.32 Å². The van der Waals surface area contributed by atoms with E-state index in [-0.39, 0.29) is 17.8 Å². The van der Waals surface area contributed by atoms with Crippen molar-refractivity contribution in [3.63, 3.8) is 0 Å². The summed E-state index contributed by atoms with van der Waals surface area (Å²) in [4.78, 5) is 23.9. The summed E-state index contributed by atoms with van der Waals surface area (Å²) in [7, 11) is 1.40. The molecule has 0 bridgehead atoms. The number of carbonyl (C=O) groups excluding carboxylic acids is 2. The Morgan fingerprint density at radius 1 is 1.12 bits per heavy atom. The minimum absolute atomic E-state index is 0.0392. The van der Waals surface area contributed by atoms with E-state index in [1.807, 2.05) is 0 Å². The number of hydrogen-bond donors (Lipinski definition) is 1. The van der Waals surface area contributed by atoms with Crippen LogP contribution in [-0.2, 0) is 14.3 Å². The molecular formula is C13H21NO3. The molecule has 1 amide bonds. The molecule has 96 valence electrons. The SMILES string of the molecule is COC(=O)C1(NC(=O)C2CC2)CCCCCC1. The first kappa shape index (κ1) is 12.4. The number of nitrogens with one attached hydrogen (secondary N) is 1. The maximum Gasteiger partial charge on any atom is 0.331 e. The Bertz CT molecular complexity index is 302. The van der Waals surface area contributed by atoms with Gasteiger partial charge < -0.3 is 10.1 Å². The molecule has 2 rings (SSSR count). The standard InChI is InChI=1S/C13H21NO3/c1-17-12(16)13(8-4-2-3-5-9-13)14-11(15)10-6-7-10/h10H,2-9H2,1H3,(H,14,15). The Morgan fingerprint density at radius 3 is 2.18 bits per heavy atom. The molecule has 2 aliphatic carbocycles. The Balaban J connectivity index is 2.09. The second-order valence-corrected chi connectivity index (χ2v) is 5.25. The van der Waals surface area contributed by atoms with Crippen LogP contribution in [0.1, 0.15) is 51.4 Å². The summed E-state index contributed by atoms with van der Waals surface area (Å²) in [5, 5.41) is 2.97. The average molecular weight is 239 g/mol. The predicted octanol–water partition coefficient (Wildman–Crippen LogP) is 1.78. The Kier molecular flexibility index (Phi) is 3.69. The topological polar surface area (TPSA) is 55.4 Å². The first-order chi connectivity index (χ1) is 8.18. The number of amides is 1. The fourth-order valence-corrected chi connectivity index (χ4v) is 2.59. The molecule has 1 N–H and O–H groups in total. The molecule has 0 saturated heterocycles. The number of esters is 1. The molecule has 17 heavy (non-hydrogen) atoms. The normalized spacial score (nSPS) is 23.6. The fourth-order valence-electron chi connectivity index (χ4n) is 2.59. The van der Waals surface area contributed by atoms with Crippen LogP contribution in [-0.4, -0.2) is 24.5 Å². The zero-order valence-electron chi connectivity index (χ0n) is 10.5. The van der Waals surface area contributed by atoms with Crippen molar-refractivity contribution in [3.8, 4) is 0 Å². The number of rotatable bonds is 3. The number of methoxy groups -OCH3 is 1. The second kappa shape index (κ2) is 5.07. The summed E-state index contributed by atoms with van der Waals surface area (Å²) in [6.07, 6.45) is 7.61. The van der Waals surface area contributed by atoms with Gasteiger partial charge in [-0.25, -0.2) is 4.79 Å². The van der Waals surface area contributed by atoms with Crippen molar-refractivity contribution in [1.29, 1.82) is 0 Å². The fraction of sp³-hybridized carbons (Fsp3) is 0.846. The largest absolute Gasteiger partial charge is 0.467 e. The molecule has 0 aromatic carbocycles. The van der Waals surface area contributed by atoms with E-state index in [1.165, 1.54) is 7.11 Å². The molecule has 0 radical (unpaired) electrons. The Morgan fingerprint density at radius 2 is 1.71 bits per heavy atom. The molecule has 0 aromatic rings. The first-order valence-corrected chi connectivity index (χ1v) is 6.58. The number of hydrogen-bond acceptors (Lipinski definition) is 3. The molecule has 4 heteroatoms. The van der Waals surface area contributed by atoms with Crippen molar-refractivity contribution >= 4 is 11.9 Å². The zero-order valence-corrected chi connectivity index (χ0v) is 10.5. The van der Waals surface area contributed by atoms with Crippen LogP contribution in [0.2, 0.25) is 0 Å². The van der Waals surface area contributed by atoms with Gasteiger partial charge in [0.15, 0.2) is 0 Å². The van der Waals surface area contributed by atoms with Crippen molar-refractivity contribution in [1.82, 2.24) is 5.32 Å². The lowest BCUT2D eigenvalue weighted by Crippen LogP contribution is -2.55. The molecule has 0 unspecified atom stereocenters. The Hall–Kier alpha value is -1.06. The predicted molar refractivity (Wildman–Crippen MR) is 63.3 cm³/mol. The summed E-state index contributed by atoms with van der Waals surface area (Å²) >= 11 is 0. The van der Waals surface area contributed by atoms with Gasteiger partial charge in [-0.3, -0.25) is 4.79 Å². The maximum atomic E-state index is 12.0. The van der Waals surface area contributed by atoms with Crippen LogP contribution in [0.3, 0.4) is 0 Å². The van der Waals surface area contributed by atoms with Gasteiger partial charge in [0.1, 0.15) is 5.54 Å². The molecule has 0 heterocycles. The van der Waals surface area contributed by atoms with Crippen LogP contribution >= 0.6 is 0 Å². The summed E-state index contributed by atoms with van der Waals surface area (Å²) in [6, 6.07) is 0. The summed E-state index contributed by atoms with van der Waals surface area (Å²) in [5.41, 5.74) is -0.745. The van der Waals surface area contributed by atoms with E-state index in [0.717, 1.165) is 51.4 Å². The molecule has 0 aromatic heterocycles. The summed E-state index contributed by atoms with van der Waals surface area (Å²) in [5.74, 6) is -0.0921. The molecular weight excluding hydrogens is 218 g/mol. The lowest BCUT2D eigenvalue weighted by atomic mass is 9.90. The third kappa shape index (κ3) is 2.79. The van der Waals surface area contributed by atoms with Gasteiger partial charge in [0.25, 0.3) is 0 Å². The quantitative estimate of drug-likeness (QED) is 0.603. The first-order valence-electron chi connectivity index (χ1n) is 6.58. The highest BCUT2D eigenvalue weighted by Crippen LogP contribution is 2.33. The van der Waals surface area contributed by atoms with E-state index in [4.69, 9.17) is 4.74 Å². The molecule has 0 spiro atoms. The van der Waals surface area contributed by atoms with Gasteiger partial charge in [0.05, 0.1) is 7.11 Å². The summed E-state index contributed by atoms with van der Waals surface area (Å²) < 4.78 is 4.90. The van der Waals surface area contributed by atoms with E-state index in [9.17, 15) is 9.59 Å². The third-order valence-electron chi connectivity index (χ3n) is 3.84. The molecule has 4 nitrogen and oxygen atoms in total. The maximum absolute atomic E-state index is 12.0. The smallest absolute Gasteiger partial charge is 0.331 e. The average Bonchev–Trinajstić information content (AvgIpc) is 3.15. The van der Waals surface area contributed by atoms with Crippen LogP contribution in [0.15, 0.2) is 0 Å². The van der Waals surface area contributed by atoms with Crippen LogP contribution < -0.4 is 5.32 Å². The number of ether oxygens (including phenoxy) is 1. The highest BCUT2D eigenvalue weighted by atomic mass is 16.5. The molecule has 0 aliphatic heterocycles. The van der Waals surface area contributed by atoms with E-state index >= 15 is 0 Å². The van der Waals surface area contributed by atoms with Gasteiger partial charge >= 0.3 is 5.97 Å². The highest BCUT2D eigenvalue weighted by Gasteiger charge is 2.43. The van der Waals surface area contributed by atoms with Crippen LogP contribution in [0.25, 0.3) is 0 Å². The minimum Gasteiger partial charge on any atom is -0.467 e. The van der Waals surface area contributed by atoms with E-state index < -0.39 is 5.54 Å². The lowest BCUT2D eigenvalue weighted by molar-refractivity contribution is -0.152. The van der Waals surface area contributed by atoms with Crippen molar-refractivity contribution in [2.75, 3.05) is 7.11 Å². The highest BCUT2D eigenvalue weighted by molar-refractivity contribution is 5.89. The summed E-state index contributed by atoms with van der Waals surface area (Å²) in [6.45, 7) is 0. The van der Waals surface area contributed by atoms with Gasteiger partial charge in [-0.1, -0.05) is 25.7 Å². The minimum atomic E-state index is -0.745. The van der Waals surface area contributed by atoms with Crippen LogP contribution in [0.4, 0.5) is 0 Å². The van der Waals surface area contributed by atoms with Crippen LogP contribution in [0, 0.1) is 5.92 Å². The molecule has 2 saturated carbocycles. The second-order valence-electron chi connectivity index (χ2n) is 5.25. The van der Waals surface area contributed by atoms with E-state index in [1.54, 1.807) is 0 Å².